The Morgan fingerprint density at radius 2 is 2.19 bits per heavy atom. The lowest BCUT2D eigenvalue weighted by Gasteiger charge is -2.22. The predicted molar refractivity (Wildman–Crippen MR) is 52.4 cm³/mol. The monoisotopic (exact) mass is 253 g/mol. The van der Waals surface area contributed by atoms with Gasteiger partial charge < -0.3 is 10.1 Å². The van der Waals surface area contributed by atoms with E-state index >= 15 is 0 Å². The number of rotatable bonds is 2. The second-order valence-corrected chi connectivity index (χ2v) is 4.45. The second kappa shape index (κ2) is 4.54. The maximum absolute atomic E-state index is 12.2. The standard InChI is InChI=1S/C8H10F3N3OS/c9-8(10,11)6-13-14-7(16-6)12-5-2-1-3-15-4-5/h5H,1-4H2,(H,12,14). The summed E-state index contributed by atoms with van der Waals surface area (Å²) in [5.41, 5.74) is 0. The third-order valence-electron chi connectivity index (χ3n) is 2.16. The third kappa shape index (κ3) is 2.82. The van der Waals surface area contributed by atoms with Crippen molar-refractivity contribution in [1.29, 1.82) is 0 Å². The number of hydrogen-bond donors (Lipinski definition) is 1. The molecule has 0 bridgehead atoms. The van der Waals surface area contributed by atoms with Crippen molar-refractivity contribution in [3.8, 4) is 0 Å². The van der Waals surface area contributed by atoms with Gasteiger partial charge in [-0.15, -0.1) is 10.2 Å². The van der Waals surface area contributed by atoms with Crippen LogP contribution in [0.2, 0.25) is 0 Å². The molecule has 2 heterocycles. The Morgan fingerprint density at radius 1 is 1.38 bits per heavy atom. The average Bonchev–Trinajstić information content (AvgIpc) is 2.67. The summed E-state index contributed by atoms with van der Waals surface area (Å²) in [5, 5.41) is 8.72. The van der Waals surface area contributed by atoms with Gasteiger partial charge >= 0.3 is 6.18 Å². The summed E-state index contributed by atoms with van der Waals surface area (Å²) in [6.45, 7) is 1.21. The van der Waals surface area contributed by atoms with Crippen molar-refractivity contribution in [2.24, 2.45) is 0 Å². The lowest BCUT2D eigenvalue weighted by molar-refractivity contribution is -0.138. The summed E-state index contributed by atoms with van der Waals surface area (Å²) >= 11 is 0.520. The molecule has 16 heavy (non-hydrogen) atoms. The minimum Gasteiger partial charge on any atom is -0.379 e. The Balaban J connectivity index is 1.97. The van der Waals surface area contributed by atoms with Crippen LogP contribution in [0.5, 0.6) is 0 Å². The van der Waals surface area contributed by atoms with E-state index in [4.69, 9.17) is 4.74 Å². The number of nitrogens with one attached hydrogen (secondary N) is 1. The van der Waals surface area contributed by atoms with Gasteiger partial charge in [0.2, 0.25) is 10.1 Å². The van der Waals surface area contributed by atoms with Crippen LogP contribution in [0.3, 0.4) is 0 Å². The average molecular weight is 253 g/mol. The number of aromatic nitrogens is 2. The summed E-state index contributed by atoms with van der Waals surface area (Å²) in [6, 6.07) is 0.0304. The molecule has 1 aliphatic rings. The number of alkyl halides is 3. The van der Waals surface area contributed by atoms with Crippen LogP contribution in [0.4, 0.5) is 18.3 Å². The topological polar surface area (TPSA) is 47.0 Å². The van der Waals surface area contributed by atoms with Gasteiger partial charge in [-0.05, 0) is 12.8 Å². The molecule has 1 atom stereocenters. The zero-order valence-corrected chi connectivity index (χ0v) is 9.07. The molecule has 0 amide bonds. The fourth-order valence-corrected chi connectivity index (χ4v) is 2.11. The zero-order chi connectivity index (χ0) is 11.6. The van der Waals surface area contributed by atoms with E-state index in [9.17, 15) is 13.2 Å². The van der Waals surface area contributed by atoms with E-state index < -0.39 is 11.2 Å². The molecule has 0 spiro atoms. The zero-order valence-electron chi connectivity index (χ0n) is 8.25. The van der Waals surface area contributed by atoms with Crippen molar-refractivity contribution in [3.05, 3.63) is 5.01 Å². The molecule has 1 aliphatic heterocycles. The number of halogens is 3. The molecule has 1 fully saturated rings. The molecule has 0 aliphatic carbocycles. The van der Waals surface area contributed by atoms with Gasteiger partial charge in [0, 0.05) is 6.61 Å². The Kier molecular flexibility index (Phi) is 3.29. The summed E-state index contributed by atoms with van der Waals surface area (Å²) < 4.78 is 41.9. The molecule has 8 heteroatoms. The first-order valence-corrected chi connectivity index (χ1v) is 5.62. The second-order valence-electron chi connectivity index (χ2n) is 3.47. The van der Waals surface area contributed by atoms with Gasteiger partial charge in [-0.3, -0.25) is 0 Å². The normalized spacial score (nSPS) is 22.1. The van der Waals surface area contributed by atoms with Crippen LogP contribution < -0.4 is 5.32 Å². The van der Waals surface area contributed by atoms with E-state index in [1.807, 2.05) is 0 Å². The Labute approximate surface area is 93.8 Å². The van der Waals surface area contributed by atoms with Gasteiger partial charge in [0.15, 0.2) is 0 Å². The van der Waals surface area contributed by atoms with Gasteiger partial charge in [0.05, 0.1) is 12.6 Å². The first-order valence-electron chi connectivity index (χ1n) is 4.80. The fourth-order valence-electron chi connectivity index (χ4n) is 1.43. The van der Waals surface area contributed by atoms with Gasteiger partial charge in [-0.2, -0.15) is 13.2 Å². The molecule has 1 aromatic heterocycles. The Morgan fingerprint density at radius 3 is 2.75 bits per heavy atom. The molecular weight excluding hydrogens is 243 g/mol. The molecule has 4 nitrogen and oxygen atoms in total. The van der Waals surface area contributed by atoms with E-state index in [1.165, 1.54) is 0 Å². The van der Waals surface area contributed by atoms with Crippen molar-refractivity contribution in [2.75, 3.05) is 18.5 Å². The van der Waals surface area contributed by atoms with Crippen LogP contribution in [0, 0.1) is 0 Å². The summed E-state index contributed by atoms with van der Waals surface area (Å²) in [7, 11) is 0. The summed E-state index contributed by atoms with van der Waals surface area (Å²) in [5.74, 6) is 0. The largest absolute Gasteiger partial charge is 0.445 e. The Bertz CT molecular complexity index is 349. The van der Waals surface area contributed by atoms with Crippen LogP contribution >= 0.6 is 11.3 Å². The fraction of sp³-hybridized carbons (Fsp3) is 0.750. The van der Waals surface area contributed by atoms with Crippen molar-refractivity contribution in [2.45, 2.75) is 25.1 Å². The molecule has 2 rings (SSSR count). The van der Waals surface area contributed by atoms with Crippen LogP contribution in [-0.2, 0) is 10.9 Å². The molecule has 1 unspecified atom stereocenters. The van der Waals surface area contributed by atoms with Gasteiger partial charge in [0.1, 0.15) is 0 Å². The predicted octanol–water partition coefficient (Wildman–Crippen LogP) is 2.15. The van der Waals surface area contributed by atoms with Gasteiger partial charge in [-0.1, -0.05) is 11.3 Å². The highest BCUT2D eigenvalue weighted by molar-refractivity contribution is 7.15. The molecular formula is C8H10F3N3OS. The van der Waals surface area contributed by atoms with E-state index in [1.54, 1.807) is 0 Å². The molecule has 1 saturated heterocycles. The number of nitrogens with zero attached hydrogens (tertiary/aromatic N) is 2. The first-order chi connectivity index (χ1) is 7.55. The molecule has 0 aromatic carbocycles. The van der Waals surface area contributed by atoms with Crippen molar-refractivity contribution in [3.63, 3.8) is 0 Å². The highest BCUT2D eigenvalue weighted by Gasteiger charge is 2.35. The quantitative estimate of drug-likeness (QED) is 0.877. The molecule has 0 saturated carbocycles. The molecule has 90 valence electrons. The van der Waals surface area contributed by atoms with Gasteiger partial charge in [0.25, 0.3) is 0 Å². The lowest BCUT2D eigenvalue weighted by Crippen LogP contribution is -2.29. The van der Waals surface area contributed by atoms with Crippen molar-refractivity contribution >= 4 is 16.5 Å². The maximum Gasteiger partial charge on any atom is 0.445 e. The summed E-state index contributed by atoms with van der Waals surface area (Å²) in [4.78, 5) is 0. The van der Waals surface area contributed by atoms with Crippen LogP contribution in [0.1, 0.15) is 17.8 Å². The van der Waals surface area contributed by atoms with Crippen molar-refractivity contribution < 1.29 is 17.9 Å². The number of anilines is 1. The highest BCUT2D eigenvalue weighted by Crippen LogP contribution is 2.33. The van der Waals surface area contributed by atoms with E-state index in [2.05, 4.69) is 15.5 Å². The van der Waals surface area contributed by atoms with E-state index in [0.29, 0.717) is 24.6 Å². The lowest BCUT2D eigenvalue weighted by atomic mass is 10.1. The number of hydrogen-bond acceptors (Lipinski definition) is 5. The smallest absolute Gasteiger partial charge is 0.379 e. The van der Waals surface area contributed by atoms with E-state index in [-0.39, 0.29) is 11.2 Å². The minimum atomic E-state index is -4.42. The minimum absolute atomic E-state index is 0.0304. The molecule has 1 N–H and O–H groups in total. The SMILES string of the molecule is FC(F)(F)c1nnc(NC2CCCOC2)s1. The first kappa shape index (κ1) is 11.6. The molecule has 0 radical (unpaired) electrons. The van der Waals surface area contributed by atoms with Gasteiger partial charge in [-0.25, -0.2) is 0 Å². The van der Waals surface area contributed by atoms with E-state index in [0.717, 1.165) is 12.8 Å². The van der Waals surface area contributed by atoms with Crippen LogP contribution in [0.15, 0.2) is 0 Å². The van der Waals surface area contributed by atoms with Crippen LogP contribution in [0.25, 0.3) is 0 Å². The van der Waals surface area contributed by atoms with Crippen LogP contribution in [-0.4, -0.2) is 29.5 Å². The summed E-state index contributed by atoms with van der Waals surface area (Å²) in [6.07, 6.45) is -2.63. The van der Waals surface area contributed by atoms with Crippen molar-refractivity contribution in [1.82, 2.24) is 10.2 Å². The molecule has 1 aromatic rings. The third-order valence-corrected chi connectivity index (χ3v) is 3.05. The number of ether oxygens (including phenoxy) is 1. The maximum atomic E-state index is 12.2. The highest BCUT2D eigenvalue weighted by atomic mass is 32.1. The Hall–Kier alpha value is -0.890.